The highest BCUT2D eigenvalue weighted by molar-refractivity contribution is 7.27. The summed E-state index contributed by atoms with van der Waals surface area (Å²) in [7, 11) is 0. The number of pyridine rings is 1. The number of benzene rings is 6. The summed E-state index contributed by atoms with van der Waals surface area (Å²) in [4.78, 5) is 16.5. The molecule has 0 aliphatic rings. The van der Waals surface area contributed by atoms with Gasteiger partial charge >= 0.3 is 0 Å². The Kier molecular flexibility index (Phi) is 6.93. The fourth-order valence-electron chi connectivity index (χ4n) is 8.27. The first-order valence-corrected chi connectivity index (χ1v) is 19.6. The molecule has 6 heteroatoms. The van der Waals surface area contributed by atoms with Crippen LogP contribution >= 0.6 is 22.7 Å². The van der Waals surface area contributed by atoms with Gasteiger partial charge in [0.25, 0.3) is 0 Å². The molecule has 0 radical (unpaired) electrons. The third kappa shape index (κ3) is 4.51. The van der Waals surface area contributed by atoms with Crippen LogP contribution in [0.3, 0.4) is 0 Å². The number of aromatic nitrogens is 4. The van der Waals surface area contributed by atoms with Crippen LogP contribution in [0.2, 0.25) is 0 Å². The molecular weight excluding hydrogens is 697 g/mol. The Morgan fingerprint density at radius 3 is 2.35 bits per heavy atom. The molecule has 0 aliphatic carbocycles. The van der Waals surface area contributed by atoms with E-state index >= 15 is 0 Å². The number of nitrogens with zero attached hydrogens (tertiary/aromatic N) is 4. The molecule has 11 aromatic rings. The van der Waals surface area contributed by atoms with Gasteiger partial charge in [0, 0.05) is 70.1 Å². The zero-order chi connectivity index (χ0) is 35.9. The second-order valence-corrected chi connectivity index (χ2v) is 15.9. The zero-order valence-electron chi connectivity index (χ0n) is 29.2. The van der Waals surface area contributed by atoms with E-state index in [4.69, 9.17) is 9.97 Å². The van der Waals surface area contributed by atoms with Crippen LogP contribution < -0.4 is 0 Å². The molecule has 0 fully saturated rings. The van der Waals surface area contributed by atoms with Crippen LogP contribution in [0.15, 0.2) is 152 Å². The lowest BCUT2D eigenvalue weighted by molar-refractivity contribution is 1.02. The van der Waals surface area contributed by atoms with E-state index < -0.39 is 0 Å². The Labute approximate surface area is 318 Å². The van der Waals surface area contributed by atoms with Gasteiger partial charge in [-0.2, -0.15) is 0 Å². The summed E-state index contributed by atoms with van der Waals surface area (Å²) < 4.78 is 5.94. The van der Waals surface area contributed by atoms with E-state index in [0.717, 1.165) is 43.5 Å². The van der Waals surface area contributed by atoms with Crippen LogP contribution in [0.5, 0.6) is 0 Å². The minimum absolute atomic E-state index is 0.664. The van der Waals surface area contributed by atoms with E-state index in [-0.39, 0.29) is 0 Å². The van der Waals surface area contributed by atoms with Crippen LogP contribution in [0.1, 0.15) is 10.4 Å². The predicted molar refractivity (Wildman–Crippen MR) is 232 cm³/mol. The molecule has 5 heterocycles. The Hall–Kier alpha value is -6.47. The van der Waals surface area contributed by atoms with Gasteiger partial charge in [0.1, 0.15) is 0 Å². The van der Waals surface area contributed by atoms with E-state index in [9.17, 15) is 0 Å². The molecule has 254 valence electrons. The number of rotatable bonds is 5. The summed E-state index contributed by atoms with van der Waals surface area (Å²) in [6.07, 6.45) is 9.76. The van der Waals surface area contributed by atoms with Crippen molar-refractivity contribution in [3.63, 3.8) is 0 Å². The zero-order valence-corrected chi connectivity index (χ0v) is 30.9. The van der Waals surface area contributed by atoms with Crippen LogP contribution in [-0.2, 0) is 0 Å². The third-order valence-corrected chi connectivity index (χ3v) is 12.9. The van der Waals surface area contributed by atoms with E-state index in [1.54, 1.807) is 11.3 Å². The molecule has 5 aromatic heterocycles. The van der Waals surface area contributed by atoms with Gasteiger partial charge in [-0.15, -0.1) is 22.7 Å². The summed E-state index contributed by atoms with van der Waals surface area (Å²) >= 11 is 3.62. The van der Waals surface area contributed by atoms with Gasteiger partial charge in [-0.3, -0.25) is 9.55 Å². The molecule has 4 nitrogen and oxygen atoms in total. The predicted octanol–water partition coefficient (Wildman–Crippen LogP) is 13.7. The highest BCUT2D eigenvalue weighted by atomic mass is 32.1. The molecule has 0 spiro atoms. The van der Waals surface area contributed by atoms with Gasteiger partial charge < -0.3 is 0 Å². The van der Waals surface area contributed by atoms with Crippen LogP contribution in [0.4, 0.5) is 0 Å². The summed E-state index contributed by atoms with van der Waals surface area (Å²) in [5.74, 6) is 0.664. The maximum atomic E-state index is 5.47. The van der Waals surface area contributed by atoms with Crippen molar-refractivity contribution in [3.8, 4) is 28.3 Å². The molecule has 54 heavy (non-hydrogen) atoms. The van der Waals surface area contributed by atoms with Crippen molar-refractivity contribution in [2.45, 2.75) is 6.92 Å². The topological polar surface area (TPSA) is 43.6 Å². The van der Waals surface area contributed by atoms with Crippen molar-refractivity contribution >= 4 is 102 Å². The number of allylic oxidation sites excluding steroid dienone is 2. The van der Waals surface area contributed by atoms with Crippen LogP contribution in [0.25, 0.3) is 108 Å². The lowest BCUT2D eigenvalue weighted by Crippen LogP contribution is -2.03. The second-order valence-electron chi connectivity index (χ2n) is 13.6. The number of hydrogen-bond acceptors (Lipinski definition) is 5. The quantitative estimate of drug-likeness (QED) is 0.166. The molecule has 0 aliphatic heterocycles. The number of aryl methyl sites for hydroxylation is 1. The minimum atomic E-state index is 0.664. The fourth-order valence-corrected chi connectivity index (χ4v) is 10.6. The minimum Gasteiger partial charge on any atom is -0.277 e. The van der Waals surface area contributed by atoms with Gasteiger partial charge in [-0.25, -0.2) is 9.97 Å². The highest BCUT2D eigenvalue weighted by Gasteiger charge is 2.25. The van der Waals surface area contributed by atoms with Crippen molar-refractivity contribution < 1.29 is 0 Å². The Bertz CT molecular complexity index is 3360. The maximum absolute atomic E-state index is 5.47. The molecule has 0 bridgehead atoms. The Morgan fingerprint density at radius 1 is 0.667 bits per heavy atom. The van der Waals surface area contributed by atoms with Crippen molar-refractivity contribution in [1.29, 1.82) is 0 Å². The maximum Gasteiger partial charge on any atom is 0.235 e. The third-order valence-electron chi connectivity index (χ3n) is 10.6. The van der Waals surface area contributed by atoms with Crippen molar-refractivity contribution in [2.24, 2.45) is 0 Å². The smallest absolute Gasteiger partial charge is 0.235 e. The summed E-state index contributed by atoms with van der Waals surface area (Å²) in [5.41, 5.74) is 8.70. The van der Waals surface area contributed by atoms with E-state index in [0.29, 0.717) is 5.95 Å². The number of para-hydroxylation sites is 1. The van der Waals surface area contributed by atoms with Crippen molar-refractivity contribution in [3.05, 3.63) is 163 Å². The SMILES string of the molecule is C=C/C=C\c1c(C)sc2c(-c3ccccc3)nc(-n3c4ccccc4c4c5sc6ccc(-c7cccc8cnccc78)cc6c5c5ccccc5c43)nc12. The fraction of sp³-hybridized carbons (Fsp3) is 0.0208. The number of hydrogen-bond donors (Lipinski definition) is 0. The molecule has 11 rings (SSSR count). The average molecular weight is 727 g/mol. The van der Waals surface area contributed by atoms with Crippen molar-refractivity contribution in [2.75, 3.05) is 0 Å². The Morgan fingerprint density at radius 2 is 1.48 bits per heavy atom. The molecule has 0 saturated carbocycles. The average Bonchev–Trinajstić information content (AvgIpc) is 3.88. The van der Waals surface area contributed by atoms with Gasteiger partial charge in [0.15, 0.2) is 0 Å². The van der Waals surface area contributed by atoms with E-state index in [2.05, 4.69) is 150 Å². The van der Waals surface area contributed by atoms with Crippen LogP contribution in [0, 0.1) is 6.92 Å². The van der Waals surface area contributed by atoms with Gasteiger partial charge in [-0.05, 0) is 53.1 Å². The normalized spacial score (nSPS) is 12.2. The van der Waals surface area contributed by atoms with Gasteiger partial charge in [0.2, 0.25) is 5.95 Å². The summed E-state index contributed by atoms with van der Waals surface area (Å²) in [6, 6.07) is 43.7. The molecule has 0 unspecified atom stereocenters. The summed E-state index contributed by atoms with van der Waals surface area (Å²) in [6.45, 7) is 6.11. The molecule has 0 N–H and O–H groups in total. The first kappa shape index (κ1) is 31.1. The number of fused-ring (bicyclic) bond motifs is 12. The van der Waals surface area contributed by atoms with Crippen molar-refractivity contribution in [1.82, 2.24) is 19.5 Å². The molecular formula is C48H30N4S2. The highest BCUT2D eigenvalue weighted by Crippen LogP contribution is 2.49. The second kappa shape index (κ2) is 12.0. The molecule has 0 amide bonds. The lowest BCUT2D eigenvalue weighted by atomic mass is 9.96. The first-order chi connectivity index (χ1) is 26.7. The van der Waals surface area contributed by atoms with Gasteiger partial charge in [-0.1, -0.05) is 122 Å². The largest absolute Gasteiger partial charge is 0.277 e. The summed E-state index contributed by atoms with van der Waals surface area (Å²) in [5, 5.41) is 9.73. The molecule has 0 atom stereocenters. The number of thiophene rings is 2. The Balaban J connectivity index is 1.28. The van der Waals surface area contributed by atoms with E-state index in [1.165, 1.54) is 63.1 Å². The van der Waals surface area contributed by atoms with E-state index in [1.807, 2.05) is 35.9 Å². The molecule has 0 saturated heterocycles. The standard InChI is InChI=1S/C48H30N4S2/c1-3-4-16-32-28(2)53-47-43(29-13-6-5-7-14-29)50-48(51-44(32)47)52-39-21-11-10-19-37(39)42-45(52)36-18-9-8-17-35(36)41-38-26-30(22-23-40(38)54-46(41)42)33-20-12-15-31-27-49-25-24-34(31)33/h3-27H,1H2,2H3/b16-4-. The first-order valence-electron chi connectivity index (χ1n) is 18.0. The van der Waals surface area contributed by atoms with Crippen LogP contribution in [-0.4, -0.2) is 19.5 Å². The van der Waals surface area contributed by atoms with Gasteiger partial charge in [0.05, 0.1) is 26.9 Å². The lowest BCUT2D eigenvalue weighted by Gasteiger charge is -2.12. The monoisotopic (exact) mass is 726 g/mol. The molecule has 6 aromatic carbocycles.